The van der Waals surface area contributed by atoms with Crippen LogP contribution in [0.15, 0.2) is 29.2 Å². The summed E-state index contributed by atoms with van der Waals surface area (Å²) in [7, 11) is -1.94. The van der Waals surface area contributed by atoms with Gasteiger partial charge in [0.15, 0.2) is 0 Å². The number of hydrogen-bond acceptors (Lipinski definition) is 4. The highest BCUT2D eigenvalue weighted by Crippen LogP contribution is 2.24. The lowest BCUT2D eigenvalue weighted by Crippen LogP contribution is -2.48. The minimum atomic E-state index is -3.48. The molecular formula is C12H18N2O3S. The number of piperidine rings is 1. The Morgan fingerprint density at radius 1 is 1.28 bits per heavy atom. The normalized spacial score (nSPS) is 21.8. The Morgan fingerprint density at radius 2 is 1.94 bits per heavy atom. The van der Waals surface area contributed by atoms with Crippen LogP contribution in [0, 0.1) is 0 Å². The van der Waals surface area contributed by atoms with E-state index < -0.39 is 16.2 Å². The minimum Gasteiger partial charge on any atom is -0.497 e. The fourth-order valence-electron chi connectivity index (χ4n) is 2.11. The van der Waals surface area contributed by atoms with Crippen molar-refractivity contribution in [2.24, 2.45) is 5.73 Å². The molecule has 0 aliphatic carbocycles. The van der Waals surface area contributed by atoms with Gasteiger partial charge in [0.1, 0.15) is 5.75 Å². The summed E-state index contributed by atoms with van der Waals surface area (Å²) in [6.45, 7) is 0.496. The average Bonchev–Trinajstić information content (AvgIpc) is 2.39. The van der Waals surface area contributed by atoms with E-state index in [9.17, 15) is 8.42 Å². The van der Waals surface area contributed by atoms with Crippen molar-refractivity contribution >= 4 is 10.0 Å². The number of benzene rings is 1. The largest absolute Gasteiger partial charge is 0.497 e. The Labute approximate surface area is 108 Å². The summed E-state index contributed by atoms with van der Waals surface area (Å²) in [5.74, 6) is 0.636. The minimum absolute atomic E-state index is 0.264. The van der Waals surface area contributed by atoms with Crippen molar-refractivity contribution in [3.8, 4) is 5.75 Å². The Balaban J connectivity index is 2.28. The Bertz CT molecular complexity index is 499. The molecule has 1 aromatic carbocycles. The Hall–Kier alpha value is -1.11. The van der Waals surface area contributed by atoms with Gasteiger partial charge >= 0.3 is 0 Å². The standard InChI is InChI=1S/C12H18N2O3S/c1-17-10-5-7-11(8-6-10)18(15,16)14-9-3-2-4-12(14)13/h5-8,12H,2-4,9,13H2,1H3. The van der Waals surface area contributed by atoms with Gasteiger partial charge in [0.2, 0.25) is 10.0 Å². The number of ether oxygens (including phenoxy) is 1. The van der Waals surface area contributed by atoms with Gasteiger partial charge in [0.05, 0.1) is 18.2 Å². The quantitative estimate of drug-likeness (QED) is 0.894. The van der Waals surface area contributed by atoms with Gasteiger partial charge in [0, 0.05) is 6.54 Å². The molecule has 1 aliphatic rings. The summed E-state index contributed by atoms with van der Waals surface area (Å²) in [5, 5.41) is 0. The molecule has 1 heterocycles. The number of hydrogen-bond donors (Lipinski definition) is 1. The van der Waals surface area contributed by atoms with Crippen LogP contribution in [0.3, 0.4) is 0 Å². The topological polar surface area (TPSA) is 72.6 Å². The maximum absolute atomic E-state index is 12.4. The van der Waals surface area contributed by atoms with E-state index in [0.717, 1.165) is 19.3 Å². The zero-order chi connectivity index (χ0) is 13.2. The van der Waals surface area contributed by atoms with E-state index in [0.29, 0.717) is 12.3 Å². The molecule has 0 aromatic heterocycles. The van der Waals surface area contributed by atoms with Crippen LogP contribution in [0.25, 0.3) is 0 Å². The van der Waals surface area contributed by atoms with E-state index in [4.69, 9.17) is 10.5 Å². The van der Waals surface area contributed by atoms with Crippen molar-refractivity contribution in [1.82, 2.24) is 4.31 Å². The highest BCUT2D eigenvalue weighted by Gasteiger charge is 2.31. The molecule has 0 radical (unpaired) electrons. The van der Waals surface area contributed by atoms with Gasteiger partial charge in [-0.1, -0.05) is 0 Å². The summed E-state index contributed by atoms with van der Waals surface area (Å²) < 4.78 is 31.2. The molecule has 0 bridgehead atoms. The monoisotopic (exact) mass is 270 g/mol. The maximum Gasteiger partial charge on any atom is 0.244 e. The number of rotatable bonds is 3. The third kappa shape index (κ3) is 2.50. The maximum atomic E-state index is 12.4. The molecule has 1 atom stereocenters. The first-order valence-electron chi connectivity index (χ1n) is 5.97. The van der Waals surface area contributed by atoms with Crippen LogP contribution < -0.4 is 10.5 Å². The molecule has 2 rings (SSSR count). The molecule has 1 aliphatic heterocycles. The van der Waals surface area contributed by atoms with Gasteiger partial charge in [-0.25, -0.2) is 8.42 Å². The number of methoxy groups -OCH3 is 1. The van der Waals surface area contributed by atoms with E-state index in [-0.39, 0.29) is 4.90 Å². The summed E-state index contributed by atoms with van der Waals surface area (Å²) in [6, 6.07) is 6.38. The highest BCUT2D eigenvalue weighted by molar-refractivity contribution is 7.89. The van der Waals surface area contributed by atoms with Crippen molar-refractivity contribution in [1.29, 1.82) is 0 Å². The van der Waals surface area contributed by atoms with E-state index in [1.54, 1.807) is 31.4 Å². The fourth-order valence-corrected chi connectivity index (χ4v) is 3.69. The molecule has 100 valence electrons. The van der Waals surface area contributed by atoms with Crippen molar-refractivity contribution in [2.75, 3.05) is 13.7 Å². The van der Waals surface area contributed by atoms with Crippen LogP contribution in [0.1, 0.15) is 19.3 Å². The summed E-state index contributed by atoms with van der Waals surface area (Å²) in [4.78, 5) is 0.264. The van der Waals surface area contributed by atoms with E-state index in [2.05, 4.69) is 0 Å². The van der Waals surface area contributed by atoms with Crippen molar-refractivity contribution in [2.45, 2.75) is 30.3 Å². The molecule has 1 fully saturated rings. The van der Waals surface area contributed by atoms with Gasteiger partial charge in [-0.05, 0) is 43.5 Å². The van der Waals surface area contributed by atoms with Crippen molar-refractivity contribution in [3.63, 3.8) is 0 Å². The summed E-state index contributed by atoms with van der Waals surface area (Å²) in [5.41, 5.74) is 5.88. The van der Waals surface area contributed by atoms with Gasteiger partial charge < -0.3 is 10.5 Å². The zero-order valence-corrected chi connectivity index (χ0v) is 11.2. The average molecular weight is 270 g/mol. The first-order valence-corrected chi connectivity index (χ1v) is 7.41. The van der Waals surface area contributed by atoms with Crippen LogP contribution in [-0.4, -0.2) is 32.5 Å². The number of sulfonamides is 1. The van der Waals surface area contributed by atoms with E-state index in [1.807, 2.05) is 0 Å². The second kappa shape index (κ2) is 5.26. The summed E-state index contributed by atoms with van der Waals surface area (Å²) >= 11 is 0. The molecule has 0 spiro atoms. The fraction of sp³-hybridized carbons (Fsp3) is 0.500. The predicted molar refractivity (Wildman–Crippen MR) is 68.7 cm³/mol. The smallest absolute Gasteiger partial charge is 0.244 e. The highest BCUT2D eigenvalue weighted by atomic mass is 32.2. The second-order valence-corrected chi connectivity index (χ2v) is 6.24. The third-order valence-electron chi connectivity index (χ3n) is 3.16. The first-order chi connectivity index (χ1) is 8.55. The lowest BCUT2D eigenvalue weighted by Gasteiger charge is -2.31. The Morgan fingerprint density at radius 3 is 2.50 bits per heavy atom. The van der Waals surface area contributed by atoms with Crippen LogP contribution in [0.5, 0.6) is 5.75 Å². The molecule has 2 N–H and O–H groups in total. The lowest BCUT2D eigenvalue weighted by molar-refractivity contribution is 0.258. The van der Waals surface area contributed by atoms with Crippen LogP contribution in [-0.2, 0) is 10.0 Å². The molecule has 18 heavy (non-hydrogen) atoms. The molecule has 5 nitrogen and oxygen atoms in total. The summed E-state index contributed by atoms with van der Waals surface area (Å²) in [6.07, 6.45) is 2.15. The molecule has 6 heteroatoms. The van der Waals surface area contributed by atoms with Gasteiger partial charge in [-0.15, -0.1) is 0 Å². The second-order valence-electron chi connectivity index (χ2n) is 4.35. The predicted octanol–water partition coefficient (Wildman–Crippen LogP) is 1.15. The Kier molecular flexibility index (Phi) is 3.89. The molecule has 1 saturated heterocycles. The first kappa shape index (κ1) is 13.3. The SMILES string of the molecule is COc1ccc(S(=O)(=O)N2CCCCC2N)cc1. The van der Waals surface area contributed by atoms with Gasteiger partial charge in [0.25, 0.3) is 0 Å². The van der Waals surface area contributed by atoms with Crippen molar-refractivity contribution in [3.05, 3.63) is 24.3 Å². The van der Waals surface area contributed by atoms with E-state index in [1.165, 1.54) is 4.31 Å². The van der Waals surface area contributed by atoms with Gasteiger partial charge in [-0.2, -0.15) is 4.31 Å². The van der Waals surface area contributed by atoms with Crippen LogP contribution in [0.2, 0.25) is 0 Å². The van der Waals surface area contributed by atoms with E-state index >= 15 is 0 Å². The zero-order valence-electron chi connectivity index (χ0n) is 10.4. The van der Waals surface area contributed by atoms with Gasteiger partial charge in [-0.3, -0.25) is 0 Å². The molecule has 1 unspecified atom stereocenters. The molecule has 0 amide bonds. The molecule has 0 saturated carbocycles. The van der Waals surface area contributed by atoms with Crippen LogP contribution in [0.4, 0.5) is 0 Å². The molecular weight excluding hydrogens is 252 g/mol. The third-order valence-corrected chi connectivity index (χ3v) is 5.10. The number of nitrogens with zero attached hydrogens (tertiary/aromatic N) is 1. The van der Waals surface area contributed by atoms with Crippen molar-refractivity contribution < 1.29 is 13.2 Å². The van der Waals surface area contributed by atoms with Crippen LogP contribution >= 0.6 is 0 Å². The lowest BCUT2D eigenvalue weighted by atomic mass is 10.1. The number of nitrogens with two attached hydrogens (primary N) is 1. The molecule has 1 aromatic rings.